The predicted molar refractivity (Wildman–Crippen MR) is 187 cm³/mol. The van der Waals surface area contributed by atoms with E-state index in [2.05, 4.69) is 38.2 Å². The highest BCUT2D eigenvalue weighted by molar-refractivity contribution is 5.69. The van der Waals surface area contributed by atoms with E-state index < -0.39 is 6.10 Å². The van der Waals surface area contributed by atoms with E-state index in [1.165, 1.54) is 128 Å². The molecule has 5 heteroatoms. The van der Waals surface area contributed by atoms with Gasteiger partial charge in [-0.15, -0.1) is 0 Å². The Labute approximate surface area is 273 Å². The number of esters is 2. The molecule has 0 aromatic heterocycles. The maximum Gasteiger partial charge on any atom is 0.305 e. The van der Waals surface area contributed by atoms with Gasteiger partial charge in [0, 0.05) is 12.8 Å². The van der Waals surface area contributed by atoms with Gasteiger partial charge >= 0.3 is 11.9 Å². The van der Waals surface area contributed by atoms with Crippen molar-refractivity contribution < 1.29 is 24.2 Å². The average molecular weight is 621 g/mol. The third-order valence-electron chi connectivity index (χ3n) is 8.16. The molecule has 0 saturated carbocycles. The number of allylic oxidation sites excluding steroid dienone is 4. The van der Waals surface area contributed by atoms with Crippen molar-refractivity contribution >= 4 is 11.9 Å². The number of ether oxygens (including phenoxy) is 2. The Bertz CT molecular complexity index is 615. The molecule has 1 N–H and O–H groups in total. The van der Waals surface area contributed by atoms with Crippen LogP contribution in [0.25, 0.3) is 0 Å². The maximum atomic E-state index is 11.9. The first-order valence-corrected chi connectivity index (χ1v) is 18.9. The van der Waals surface area contributed by atoms with Gasteiger partial charge in [0.15, 0.2) is 0 Å². The molecular formula is C39H72O5. The highest BCUT2D eigenvalue weighted by Gasteiger charge is 2.12. The third kappa shape index (κ3) is 34.9. The lowest BCUT2D eigenvalue weighted by Gasteiger charge is -2.12. The van der Waals surface area contributed by atoms with Crippen molar-refractivity contribution in [3.05, 3.63) is 24.3 Å². The van der Waals surface area contributed by atoms with Crippen LogP contribution in [0.1, 0.15) is 194 Å². The number of aliphatic hydroxyl groups excluding tert-OH is 1. The molecule has 0 aliphatic rings. The molecule has 0 atom stereocenters. The summed E-state index contributed by atoms with van der Waals surface area (Å²) in [6.07, 6.45) is 40.8. The molecule has 0 aromatic carbocycles. The minimum absolute atomic E-state index is 0.117. The van der Waals surface area contributed by atoms with Crippen molar-refractivity contribution in [3.63, 3.8) is 0 Å². The summed E-state index contributed by atoms with van der Waals surface area (Å²) >= 11 is 0. The molecule has 0 heterocycles. The van der Waals surface area contributed by atoms with Gasteiger partial charge in [-0.1, -0.05) is 141 Å². The molecule has 0 bridgehead atoms. The Morgan fingerprint density at radius 3 is 1.05 bits per heavy atom. The van der Waals surface area contributed by atoms with Gasteiger partial charge in [0.1, 0.15) is 19.3 Å². The van der Waals surface area contributed by atoms with Crippen molar-refractivity contribution in [2.24, 2.45) is 0 Å². The zero-order valence-corrected chi connectivity index (χ0v) is 29.2. The molecule has 0 radical (unpaired) electrons. The number of carbonyl (C=O) groups is 2. The number of carbonyl (C=O) groups excluding carboxylic acids is 2. The summed E-state index contributed by atoms with van der Waals surface area (Å²) in [5, 5.41) is 9.99. The fourth-order valence-corrected chi connectivity index (χ4v) is 5.25. The van der Waals surface area contributed by atoms with Crippen LogP contribution in [0.5, 0.6) is 0 Å². The molecular weight excluding hydrogens is 548 g/mol. The Kier molecular flexibility index (Phi) is 34.5. The highest BCUT2D eigenvalue weighted by atomic mass is 16.6. The second-order valence-electron chi connectivity index (χ2n) is 12.7. The smallest absolute Gasteiger partial charge is 0.305 e. The number of hydrogen-bond acceptors (Lipinski definition) is 5. The van der Waals surface area contributed by atoms with Crippen LogP contribution in [0.2, 0.25) is 0 Å². The van der Waals surface area contributed by atoms with Crippen molar-refractivity contribution in [1.82, 2.24) is 0 Å². The van der Waals surface area contributed by atoms with E-state index in [1.54, 1.807) is 0 Å². The van der Waals surface area contributed by atoms with Crippen molar-refractivity contribution in [3.8, 4) is 0 Å². The maximum absolute atomic E-state index is 11.9. The normalized spacial score (nSPS) is 12.3. The zero-order valence-electron chi connectivity index (χ0n) is 29.2. The van der Waals surface area contributed by atoms with E-state index in [0.29, 0.717) is 12.8 Å². The molecule has 0 unspecified atom stereocenters. The van der Waals surface area contributed by atoms with Gasteiger partial charge < -0.3 is 14.6 Å². The summed E-state index contributed by atoms with van der Waals surface area (Å²) < 4.78 is 10.3. The lowest BCUT2D eigenvalue weighted by molar-refractivity contribution is -0.152. The minimum atomic E-state index is -0.963. The molecule has 0 saturated heterocycles. The molecule has 0 aromatic rings. The zero-order chi connectivity index (χ0) is 32.2. The minimum Gasteiger partial charge on any atom is -0.463 e. The summed E-state index contributed by atoms with van der Waals surface area (Å²) in [7, 11) is 0. The first kappa shape index (κ1) is 42.4. The number of aliphatic hydroxyl groups is 1. The fraction of sp³-hybridized carbons (Fsp3) is 0.846. The Morgan fingerprint density at radius 2 is 0.727 bits per heavy atom. The quantitative estimate of drug-likeness (QED) is 0.0440. The van der Waals surface area contributed by atoms with Gasteiger partial charge in [-0.05, 0) is 64.2 Å². The van der Waals surface area contributed by atoms with Crippen LogP contribution in [0.15, 0.2) is 24.3 Å². The van der Waals surface area contributed by atoms with E-state index >= 15 is 0 Å². The van der Waals surface area contributed by atoms with E-state index in [4.69, 9.17) is 9.47 Å². The van der Waals surface area contributed by atoms with Gasteiger partial charge in [0.2, 0.25) is 0 Å². The average Bonchev–Trinajstić information content (AvgIpc) is 3.02. The lowest BCUT2D eigenvalue weighted by Crippen LogP contribution is -2.25. The standard InChI is InChI=1S/C39H72O5/c1-3-5-7-9-11-13-15-17-19-21-23-25-27-29-31-33-38(41)43-35-37(40)36-44-39(42)34-32-30-28-26-24-22-20-18-16-14-12-10-8-6-4-2/h13-16,37,40H,3-12,17-36H2,1-2H3. The van der Waals surface area contributed by atoms with Gasteiger partial charge in [0.25, 0.3) is 0 Å². The van der Waals surface area contributed by atoms with Crippen LogP contribution < -0.4 is 0 Å². The van der Waals surface area contributed by atoms with Crippen LogP contribution >= 0.6 is 0 Å². The van der Waals surface area contributed by atoms with E-state index in [1.807, 2.05) is 0 Å². The Morgan fingerprint density at radius 1 is 0.455 bits per heavy atom. The van der Waals surface area contributed by atoms with Crippen LogP contribution in [-0.4, -0.2) is 36.4 Å². The van der Waals surface area contributed by atoms with Gasteiger partial charge in [-0.2, -0.15) is 0 Å². The first-order chi connectivity index (χ1) is 21.6. The van der Waals surface area contributed by atoms with Gasteiger partial charge in [-0.3, -0.25) is 9.59 Å². The molecule has 0 fully saturated rings. The molecule has 5 nitrogen and oxygen atoms in total. The summed E-state index contributed by atoms with van der Waals surface area (Å²) in [5.74, 6) is -0.572. The SMILES string of the molecule is CCCCCCC=CCCCCCCCCCC(=O)OCC(O)COC(=O)CCCCCCCCCC=CCCCCCC. The highest BCUT2D eigenvalue weighted by Crippen LogP contribution is 2.13. The molecule has 44 heavy (non-hydrogen) atoms. The molecule has 0 rings (SSSR count). The van der Waals surface area contributed by atoms with E-state index in [-0.39, 0.29) is 25.2 Å². The number of hydrogen-bond donors (Lipinski definition) is 1. The van der Waals surface area contributed by atoms with Crippen LogP contribution in [0.4, 0.5) is 0 Å². The van der Waals surface area contributed by atoms with Crippen LogP contribution in [0.3, 0.4) is 0 Å². The summed E-state index contributed by atoms with van der Waals surface area (Å²) in [4.78, 5) is 23.9. The number of unbranched alkanes of at least 4 members (excludes halogenated alkanes) is 22. The van der Waals surface area contributed by atoms with Gasteiger partial charge in [0.05, 0.1) is 0 Å². The first-order valence-electron chi connectivity index (χ1n) is 18.9. The Balaban J connectivity index is 3.43. The molecule has 258 valence electrons. The topological polar surface area (TPSA) is 72.8 Å². The second kappa shape index (κ2) is 35.9. The van der Waals surface area contributed by atoms with Gasteiger partial charge in [-0.25, -0.2) is 0 Å². The van der Waals surface area contributed by atoms with Crippen molar-refractivity contribution in [2.75, 3.05) is 13.2 Å². The largest absolute Gasteiger partial charge is 0.463 e. The summed E-state index contributed by atoms with van der Waals surface area (Å²) in [6, 6.07) is 0. The monoisotopic (exact) mass is 621 g/mol. The molecule has 0 aliphatic heterocycles. The van der Waals surface area contributed by atoms with E-state index in [9.17, 15) is 14.7 Å². The second-order valence-corrected chi connectivity index (χ2v) is 12.7. The van der Waals surface area contributed by atoms with Crippen LogP contribution in [-0.2, 0) is 19.1 Å². The lowest BCUT2D eigenvalue weighted by atomic mass is 10.1. The van der Waals surface area contributed by atoms with E-state index in [0.717, 1.165) is 38.5 Å². The van der Waals surface area contributed by atoms with Crippen molar-refractivity contribution in [2.45, 2.75) is 200 Å². The van der Waals surface area contributed by atoms with Crippen molar-refractivity contribution in [1.29, 1.82) is 0 Å². The molecule has 0 aliphatic carbocycles. The number of rotatable bonds is 34. The fourth-order valence-electron chi connectivity index (χ4n) is 5.25. The molecule has 0 spiro atoms. The van der Waals surface area contributed by atoms with Crippen LogP contribution in [0, 0.1) is 0 Å². The molecule has 0 amide bonds. The summed E-state index contributed by atoms with van der Waals surface area (Å²) in [6.45, 7) is 4.27. The Hall–Kier alpha value is -1.62. The third-order valence-corrected chi connectivity index (χ3v) is 8.16. The summed E-state index contributed by atoms with van der Waals surface area (Å²) in [5.41, 5.74) is 0. The predicted octanol–water partition coefficient (Wildman–Crippen LogP) is 11.5.